The Balaban J connectivity index is 2.95. The predicted octanol–water partition coefficient (Wildman–Crippen LogP) is 1.16. The smallest absolute Gasteiger partial charge is 0.271 e. The van der Waals surface area contributed by atoms with E-state index in [1.54, 1.807) is 11.9 Å². The van der Waals surface area contributed by atoms with E-state index in [4.69, 9.17) is 5.73 Å². The van der Waals surface area contributed by atoms with Gasteiger partial charge < -0.3 is 5.73 Å². The summed E-state index contributed by atoms with van der Waals surface area (Å²) in [5.74, 6) is -0.613. The number of hydrogen-bond donors (Lipinski definition) is 2. The molecule has 0 aromatic carbocycles. The number of carbonyl (C=O) groups excluding carboxylic acids is 1. The Bertz CT molecular complexity index is 393. The van der Waals surface area contributed by atoms with Crippen LogP contribution in [0.3, 0.4) is 0 Å². The minimum Gasteiger partial charge on any atom is -0.364 e. The summed E-state index contributed by atoms with van der Waals surface area (Å²) in [4.78, 5) is 11.0. The topological polar surface area (TPSA) is 99.7 Å². The summed E-state index contributed by atoms with van der Waals surface area (Å²) in [7, 11) is 0. The molecule has 0 atom stereocenters. The molecule has 1 amide bonds. The number of aromatic nitrogens is 2. The zero-order valence-electron chi connectivity index (χ0n) is 9.69. The third-order valence-electron chi connectivity index (χ3n) is 2.15. The van der Waals surface area contributed by atoms with Crippen molar-refractivity contribution >= 4 is 11.6 Å². The number of rotatable bonds is 5. The van der Waals surface area contributed by atoms with Crippen molar-refractivity contribution < 1.29 is 4.79 Å². The van der Waals surface area contributed by atoms with E-state index in [9.17, 15) is 4.79 Å². The number of aryl methyl sites for hydroxylation is 1. The van der Waals surface area contributed by atoms with Gasteiger partial charge in [0.2, 0.25) is 0 Å². The molecule has 16 heavy (non-hydrogen) atoms. The molecule has 0 aliphatic heterocycles. The van der Waals surface area contributed by atoms with E-state index in [1.165, 1.54) is 0 Å². The maximum Gasteiger partial charge on any atom is 0.271 e. The van der Waals surface area contributed by atoms with Crippen LogP contribution in [0, 0.1) is 6.92 Å². The molecule has 0 saturated heterocycles. The van der Waals surface area contributed by atoms with Gasteiger partial charge in [0.1, 0.15) is 5.69 Å². The molecule has 0 bridgehead atoms. The van der Waals surface area contributed by atoms with E-state index in [-0.39, 0.29) is 5.69 Å². The maximum absolute atomic E-state index is 11.0. The summed E-state index contributed by atoms with van der Waals surface area (Å²) in [5, 5.41) is 16.2. The Morgan fingerprint density at radius 2 is 2.12 bits per heavy atom. The molecule has 0 radical (unpaired) electrons. The number of H-pyrrole nitrogens is 1. The number of carbonyl (C=O) groups is 1. The van der Waals surface area contributed by atoms with Gasteiger partial charge in [0, 0.05) is 13.1 Å². The molecule has 0 aliphatic rings. The molecular formula is C9H16N6O. The van der Waals surface area contributed by atoms with Gasteiger partial charge in [-0.25, -0.2) is 0 Å². The minimum absolute atomic E-state index is 0.119. The Labute approximate surface area is 93.7 Å². The van der Waals surface area contributed by atoms with Gasteiger partial charge in [0.25, 0.3) is 5.91 Å². The number of amides is 1. The molecule has 1 heterocycles. The number of nitrogens with zero attached hydrogens (tertiary/aromatic N) is 4. The monoisotopic (exact) mass is 224 g/mol. The fraction of sp³-hybridized carbons (Fsp3) is 0.556. The highest BCUT2D eigenvalue weighted by Gasteiger charge is 2.14. The zero-order valence-corrected chi connectivity index (χ0v) is 9.69. The highest BCUT2D eigenvalue weighted by molar-refractivity contribution is 5.96. The fourth-order valence-corrected chi connectivity index (χ4v) is 1.18. The molecule has 1 aromatic rings. The van der Waals surface area contributed by atoms with Gasteiger partial charge in [-0.15, -0.1) is 5.11 Å². The third-order valence-corrected chi connectivity index (χ3v) is 2.15. The van der Waals surface area contributed by atoms with Crippen LogP contribution in [0.2, 0.25) is 0 Å². The van der Waals surface area contributed by atoms with Crippen LogP contribution in [0.15, 0.2) is 10.3 Å². The van der Waals surface area contributed by atoms with Crippen LogP contribution in [0.5, 0.6) is 0 Å². The Kier molecular flexibility index (Phi) is 3.98. The molecule has 88 valence electrons. The van der Waals surface area contributed by atoms with Crippen LogP contribution in [0.25, 0.3) is 0 Å². The molecule has 7 nitrogen and oxygen atoms in total. The van der Waals surface area contributed by atoms with E-state index in [0.717, 1.165) is 13.1 Å². The third kappa shape index (κ3) is 2.56. The summed E-state index contributed by atoms with van der Waals surface area (Å²) in [6, 6.07) is 0. The van der Waals surface area contributed by atoms with Crippen LogP contribution in [-0.2, 0) is 0 Å². The van der Waals surface area contributed by atoms with Gasteiger partial charge in [-0.1, -0.05) is 5.22 Å². The van der Waals surface area contributed by atoms with Crippen molar-refractivity contribution in [3.8, 4) is 0 Å². The first-order chi connectivity index (χ1) is 7.60. The highest BCUT2D eigenvalue weighted by atomic mass is 16.1. The largest absolute Gasteiger partial charge is 0.364 e. The molecule has 0 fully saturated rings. The van der Waals surface area contributed by atoms with Gasteiger partial charge in [-0.05, 0) is 20.8 Å². The first-order valence-corrected chi connectivity index (χ1v) is 5.11. The first-order valence-electron chi connectivity index (χ1n) is 5.11. The van der Waals surface area contributed by atoms with Crippen LogP contribution in [-0.4, -0.2) is 34.2 Å². The molecule has 3 N–H and O–H groups in total. The number of nitrogens with two attached hydrogens (primary N) is 1. The van der Waals surface area contributed by atoms with Crippen LogP contribution >= 0.6 is 0 Å². The van der Waals surface area contributed by atoms with E-state index >= 15 is 0 Å². The standard InChI is InChI=1S/C9H16N6O/c1-4-15(5-2)14-13-7-6(3)11-12-8(7)9(10)16/h4-5H2,1-3H3,(H2,10,16)(H,11,12). The first kappa shape index (κ1) is 12.2. The second-order valence-electron chi connectivity index (χ2n) is 3.24. The normalized spacial score (nSPS) is 10.9. The van der Waals surface area contributed by atoms with Gasteiger partial charge >= 0.3 is 0 Å². The van der Waals surface area contributed by atoms with Crippen LogP contribution in [0.1, 0.15) is 30.0 Å². The molecule has 0 spiro atoms. The second kappa shape index (κ2) is 5.24. The molecule has 0 saturated carbocycles. The van der Waals surface area contributed by atoms with Crippen molar-refractivity contribution in [2.24, 2.45) is 16.1 Å². The zero-order chi connectivity index (χ0) is 12.1. The molecule has 1 rings (SSSR count). The maximum atomic E-state index is 11.0. The summed E-state index contributed by atoms with van der Waals surface area (Å²) in [5.41, 5.74) is 6.35. The molecule has 7 heteroatoms. The number of aromatic amines is 1. The summed E-state index contributed by atoms with van der Waals surface area (Å²) in [6.07, 6.45) is 0. The minimum atomic E-state index is -0.613. The fourth-order valence-electron chi connectivity index (χ4n) is 1.18. The van der Waals surface area contributed by atoms with E-state index in [0.29, 0.717) is 11.4 Å². The van der Waals surface area contributed by atoms with Crippen LogP contribution < -0.4 is 5.73 Å². The second-order valence-corrected chi connectivity index (χ2v) is 3.24. The van der Waals surface area contributed by atoms with Crippen molar-refractivity contribution in [2.75, 3.05) is 13.1 Å². The van der Waals surface area contributed by atoms with Crippen molar-refractivity contribution in [1.82, 2.24) is 15.2 Å². The lowest BCUT2D eigenvalue weighted by Gasteiger charge is -2.10. The molecule has 0 unspecified atom stereocenters. The van der Waals surface area contributed by atoms with Crippen molar-refractivity contribution in [1.29, 1.82) is 0 Å². The molecular weight excluding hydrogens is 208 g/mol. The highest BCUT2D eigenvalue weighted by Crippen LogP contribution is 2.21. The number of nitrogens with one attached hydrogen (secondary N) is 1. The Morgan fingerprint density at radius 1 is 1.50 bits per heavy atom. The lowest BCUT2D eigenvalue weighted by molar-refractivity contribution is 0.0996. The number of primary amides is 1. The van der Waals surface area contributed by atoms with Crippen LogP contribution in [0.4, 0.5) is 5.69 Å². The SMILES string of the molecule is CCN(CC)N=Nc1c(C(N)=O)n[nH]c1C. The lowest BCUT2D eigenvalue weighted by atomic mass is 10.3. The Hall–Kier alpha value is -1.92. The lowest BCUT2D eigenvalue weighted by Crippen LogP contribution is -2.15. The summed E-state index contributed by atoms with van der Waals surface area (Å²) < 4.78 is 0. The average molecular weight is 224 g/mol. The van der Waals surface area contributed by atoms with E-state index in [2.05, 4.69) is 20.5 Å². The van der Waals surface area contributed by atoms with Crippen molar-refractivity contribution in [3.05, 3.63) is 11.4 Å². The van der Waals surface area contributed by atoms with Gasteiger partial charge in [0.05, 0.1) is 5.69 Å². The average Bonchev–Trinajstić information content (AvgIpc) is 2.62. The number of hydrogen-bond acceptors (Lipinski definition) is 4. The van der Waals surface area contributed by atoms with Crippen molar-refractivity contribution in [3.63, 3.8) is 0 Å². The van der Waals surface area contributed by atoms with Crippen molar-refractivity contribution in [2.45, 2.75) is 20.8 Å². The van der Waals surface area contributed by atoms with Gasteiger partial charge in [0.15, 0.2) is 5.69 Å². The van der Waals surface area contributed by atoms with Gasteiger partial charge in [-0.3, -0.25) is 14.9 Å². The Morgan fingerprint density at radius 3 is 2.62 bits per heavy atom. The molecule has 1 aromatic heterocycles. The van der Waals surface area contributed by atoms with Gasteiger partial charge in [-0.2, -0.15) is 5.10 Å². The molecule has 0 aliphatic carbocycles. The predicted molar refractivity (Wildman–Crippen MR) is 59.3 cm³/mol. The summed E-state index contributed by atoms with van der Waals surface area (Å²) in [6.45, 7) is 7.21. The van der Waals surface area contributed by atoms with E-state index in [1.807, 2.05) is 13.8 Å². The quantitative estimate of drug-likeness (QED) is 0.579. The van der Waals surface area contributed by atoms with E-state index < -0.39 is 5.91 Å². The summed E-state index contributed by atoms with van der Waals surface area (Å²) >= 11 is 0.